The second-order valence-corrected chi connectivity index (χ2v) is 5.43. The number of sulfone groups is 1. The van der Waals surface area contributed by atoms with Crippen LogP contribution in [0.4, 0.5) is 0 Å². The van der Waals surface area contributed by atoms with Crippen LogP contribution in [-0.2, 0) is 9.84 Å². The molecule has 0 aromatic heterocycles. The summed E-state index contributed by atoms with van der Waals surface area (Å²) in [4.78, 5) is 1.56. The molecule has 0 bridgehead atoms. The molecule has 0 atom stereocenters. The van der Waals surface area contributed by atoms with E-state index in [1.165, 1.54) is 0 Å². The van der Waals surface area contributed by atoms with Crippen LogP contribution in [0.25, 0.3) is 0 Å². The smallest absolute Gasteiger partial charge is 0.177 e. The Morgan fingerprint density at radius 2 is 1.83 bits per heavy atom. The third kappa shape index (κ3) is 3.13. The van der Waals surface area contributed by atoms with Crippen molar-refractivity contribution >= 4 is 9.84 Å². The maximum atomic E-state index is 11.3. The second-order valence-electron chi connectivity index (χ2n) is 3.07. The van der Waals surface area contributed by atoms with Crippen LogP contribution in [0.3, 0.4) is 0 Å². The normalized spacial score (nSPS) is 13.6. The van der Waals surface area contributed by atoms with E-state index in [4.69, 9.17) is 5.73 Å². The summed E-state index contributed by atoms with van der Waals surface area (Å²) in [5, 5.41) is 0.675. The van der Waals surface area contributed by atoms with E-state index in [0.717, 1.165) is 5.41 Å². The van der Waals surface area contributed by atoms with Crippen molar-refractivity contribution in [2.75, 3.05) is 14.1 Å². The number of hydrogen-bond acceptors (Lipinski definition) is 4. The molecule has 4 nitrogen and oxygen atoms in total. The maximum Gasteiger partial charge on any atom is 0.177 e. The number of nitrogens with two attached hydrogens (primary N) is 1. The maximum absolute atomic E-state index is 11.3. The first kappa shape index (κ1) is 11.3. The van der Waals surface area contributed by atoms with Gasteiger partial charge in [0.1, 0.15) is 5.82 Å². The highest BCUT2D eigenvalue weighted by Crippen LogP contribution is 2.04. The minimum absolute atomic E-state index is 0.253. The van der Waals surface area contributed by atoms with E-state index >= 15 is 0 Å². The molecule has 0 rings (SSSR count). The molecular formula is C7H16N2O2S. The molecule has 2 N–H and O–H groups in total. The lowest BCUT2D eigenvalue weighted by Crippen LogP contribution is -2.22. The van der Waals surface area contributed by atoms with Crippen LogP contribution < -0.4 is 5.73 Å². The van der Waals surface area contributed by atoms with Crippen LogP contribution in [0.2, 0.25) is 0 Å². The molecule has 0 saturated carbocycles. The number of hydrogen-bond donors (Lipinski definition) is 1. The van der Waals surface area contributed by atoms with Crippen LogP contribution in [0.5, 0.6) is 0 Å². The molecule has 0 saturated heterocycles. The molecule has 0 unspecified atom stereocenters. The van der Waals surface area contributed by atoms with Crippen LogP contribution in [0.1, 0.15) is 13.8 Å². The molecule has 0 amide bonds. The lowest BCUT2D eigenvalue weighted by molar-refractivity contribution is 0.505. The van der Waals surface area contributed by atoms with E-state index < -0.39 is 15.1 Å². The zero-order chi connectivity index (χ0) is 9.94. The Morgan fingerprint density at radius 1 is 1.42 bits per heavy atom. The summed E-state index contributed by atoms with van der Waals surface area (Å²) in [6.07, 6.45) is 0. The molecule has 0 heterocycles. The van der Waals surface area contributed by atoms with Gasteiger partial charge in [-0.15, -0.1) is 0 Å². The van der Waals surface area contributed by atoms with Crippen LogP contribution >= 0.6 is 0 Å². The lowest BCUT2D eigenvalue weighted by atomic mass is 10.6. The van der Waals surface area contributed by atoms with E-state index in [-0.39, 0.29) is 5.82 Å². The summed E-state index contributed by atoms with van der Waals surface area (Å²) in [6.45, 7) is 3.24. The van der Waals surface area contributed by atoms with Gasteiger partial charge in [-0.2, -0.15) is 0 Å². The average molecular weight is 192 g/mol. The largest absolute Gasteiger partial charge is 0.385 e. The molecular weight excluding hydrogens is 176 g/mol. The number of nitrogens with zero attached hydrogens (tertiary/aromatic N) is 1. The Balaban J connectivity index is 4.76. The monoisotopic (exact) mass is 192 g/mol. The molecule has 0 aliphatic heterocycles. The lowest BCUT2D eigenvalue weighted by Gasteiger charge is -2.12. The predicted molar refractivity (Wildman–Crippen MR) is 50.0 cm³/mol. The van der Waals surface area contributed by atoms with Gasteiger partial charge >= 0.3 is 0 Å². The molecule has 0 aromatic carbocycles. The fourth-order valence-electron chi connectivity index (χ4n) is 0.410. The van der Waals surface area contributed by atoms with Crippen LogP contribution in [0.15, 0.2) is 11.2 Å². The molecule has 12 heavy (non-hydrogen) atoms. The quantitative estimate of drug-likeness (QED) is 0.690. The summed E-state index contributed by atoms with van der Waals surface area (Å²) in [7, 11) is 0.221. The van der Waals surface area contributed by atoms with Crippen molar-refractivity contribution in [1.29, 1.82) is 0 Å². The van der Waals surface area contributed by atoms with E-state index in [2.05, 4.69) is 0 Å². The molecule has 0 aliphatic rings. The van der Waals surface area contributed by atoms with Gasteiger partial charge in [0, 0.05) is 14.1 Å². The standard InChI is InChI=1S/C7H16N2O2S/c1-6(2)12(10,11)5-7(8)9(3)4/h5-6H,8H2,1-4H3/b7-5+. The Hall–Kier alpha value is -0.710. The highest BCUT2D eigenvalue weighted by atomic mass is 32.2. The molecule has 0 aromatic rings. The van der Waals surface area contributed by atoms with E-state index in [1.807, 2.05) is 0 Å². The Labute approximate surface area is 74.0 Å². The molecule has 72 valence electrons. The van der Waals surface area contributed by atoms with Gasteiger partial charge in [0.15, 0.2) is 9.84 Å². The first-order valence-electron chi connectivity index (χ1n) is 3.65. The van der Waals surface area contributed by atoms with Gasteiger partial charge in [0.25, 0.3) is 0 Å². The van der Waals surface area contributed by atoms with Gasteiger partial charge in [0.2, 0.25) is 0 Å². The first-order valence-corrected chi connectivity index (χ1v) is 5.26. The molecule has 0 aliphatic carbocycles. The molecule has 0 radical (unpaired) electrons. The highest BCUT2D eigenvalue weighted by molar-refractivity contribution is 7.94. The zero-order valence-electron chi connectivity index (χ0n) is 7.90. The molecule has 5 heteroatoms. The van der Waals surface area contributed by atoms with Gasteiger partial charge in [0.05, 0.1) is 10.7 Å². The van der Waals surface area contributed by atoms with Crippen LogP contribution in [-0.4, -0.2) is 32.7 Å². The fourth-order valence-corrected chi connectivity index (χ4v) is 1.23. The molecule has 0 fully saturated rings. The average Bonchev–Trinajstić information content (AvgIpc) is 1.85. The summed E-state index contributed by atoms with van der Waals surface area (Å²) in [5.41, 5.74) is 5.45. The first-order chi connectivity index (χ1) is 5.27. The zero-order valence-corrected chi connectivity index (χ0v) is 8.72. The van der Waals surface area contributed by atoms with Crippen molar-refractivity contribution in [3.63, 3.8) is 0 Å². The van der Waals surface area contributed by atoms with Crippen molar-refractivity contribution in [3.05, 3.63) is 11.2 Å². The summed E-state index contributed by atoms with van der Waals surface area (Å²) < 4.78 is 22.5. The van der Waals surface area contributed by atoms with Crippen molar-refractivity contribution in [2.45, 2.75) is 19.1 Å². The van der Waals surface area contributed by atoms with E-state index in [0.29, 0.717) is 0 Å². The predicted octanol–water partition coefficient (Wildman–Crippen LogP) is 0.129. The van der Waals surface area contributed by atoms with Crippen molar-refractivity contribution in [3.8, 4) is 0 Å². The summed E-state index contributed by atoms with van der Waals surface area (Å²) in [6, 6.07) is 0. The topological polar surface area (TPSA) is 63.4 Å². The van der Waals surface area contributed by atoms with Gasteiger partial charge in [-0.3, -0.25) is 0 Å². The van der Waals surface area contributed by atoms with Gasteiger partial charge in [-0.25, -0.2) is 8.42 Å². The second kappa shape index (κ2) is 3.80. The SMILES string of the molecule is CC(C)S(=O)(=O)/C=C(\N)N(C)C. The minimum atomic E-state index is -3.17. The van der Waals surface area contributed by atoms with E-state index in [9.17, 15) is 8.42 Å². The van der Waals surface area contributed by atoms with Crippen molar-refractivity contribution in [1.82, 2.24) is 4.90 Å². The third-order valence-electron chi connectivity index (χ3n) is 1.46. The Morgan fingerprint density at radius 3 is 2.08 bits per heavy atom. The third-order valence-corrected chi connectivity index (χ3v) is 3.34. The van der Waals surface area contributed by atoms with Gasteiger partial charge in [-0.1, -0.05) is 0 Å². The Bertz CT molecular complexity index is 265. The Kier molecular flexibility index (Phi) is 3.57. The van der Waals surface area contributed by atoms with Crippen molar-refractivity contribution in [2.24, 2.45) is 5.73 Å². The van der Waals surface area contributed by atoms with Gasteiger partial charge < -0.3 is 10.6 Å². The van der Waals surface area contributed by atoms with Gasteiger partial charge in [-0.05, 0) is 13.8 Å². The fraction of sp³-hybridized carbons (Fsp3) is 0.714. The summed E-state index contributed by atoms with van der Waals surface area (Å²) in [5.74, 6) is 0.253. The van der Waals surface area contributed by atoms with Crippen molar-refractivity contribution < 1.29 is 8.42 Å². The highest BCUT2D eigenvalue weighted by Gasteiger charge is 2.13. The minimum Gasteiger partial charge on any atom is -0.385 e. The van der Waals surface area contributed by atoms with Crippen LogP contribution in [0, 0.1) is 0 Å². The number of rotatable bonds is 3. The summed E-state index contributed by atoms with van der Waals surface area (Å²) >= 11 is 0. The molecule has 0 spiro atoms. The van der Waals surface area contributed by atoms with E-state index in [1.54, 1.807) is 32.8 Å².